The Kier molecular flexibility index (Phi) is 5.80. The Bertz CT molecular complexity index is 760. The minimum atomic E-state index is -1.13. The van der Waals surface area contributed by atoms with Crippen LogP contribution in [0.15, 0.2) is 40.7 Å². The molecule has 1 aromatic carbocycles. The van der Waals surface area contributed by atoms with Gasteiger partial charge in [0.2, 0.25) is 0 Å². The average molecular weight is 384 g/mol. The van der Waals surface area contributed by atoms with Crippen molar-refractivity contribution in [3.05, 3.63) is 50.8 Å². The Balaban J connectivity index is 2.80. The molecule has 0 atom stereocenters. The second-order valence-electron chi connectivity index (χ2n) is 5.86. The van der Waals surface area contributed by atoms with Crippen molar-refractivity contribution in [3.8, 4) is 0 Å². The lowest BCUT2D eigenvalue weighted by molar-refractivity contribution is -0.134. The van der Waals surface area contributed by atoms with Crippen LogP contribution in [-0.4, -0.2) is 22.2 Å². The molecule has 0 saturated heterocycles. The number of carbonyl (C=O) groups is 2. The van der Waals surface area contributed by atoms with Crippen molar-refractivity contribution < 1.29 is 19.8 Å². The molecule has 0 unspecified atom stereocenters. The van der Waals surface area contributed by atoms with Crippen LogP contribution in [-0.2, 0) is 9.59 Å². The first-order valence-corrected chi connectivity index (χ1v) is 8.60. The fraction of sp³-hybridized carbons (Fsp3) is 0.333. The highest BCUT2D eigenvalue weighted by Crippen LogP contribution is 2.43. The molecule has 1 heterocycles. The summed E-state index contributed by atoms with van der Waals surface area (Å²) in [5.74, 6) is -2.94. The second-order valence-corrected chi connectivity index (χ2v) is 6.64. The summed E-state index contributed by atoms with van der Waals surface area (Å²) >= 11 is 12.4. The van der Waals surface area contributed by atoms with Gasteiger partial charge in [-0.1, -0.05) is 42.6 Å². The molecular weight excluding hydrogens is 365 g/mol. The van der Waals surface area contributed by atoms with Gasteiger partial charge in [0.05, 0.1) is 26.9 Å². The van der Waals surface area contributed by atoms with E-state index in [1.54, 1.807) is 36.9 Å². The van der Waals surface area contributed by atoms with E-state index in [0.717, 1.165) is 0 Å². The van der Waals surface area contributed by atoms with E-state index in [2.05, 4.69) is 0 Å². The summed E-state index contributed by atoms with van der Waals surface area (Å²) in [4.78, 5) is 25.4. The highest BCUT2D eigenvalue weighted by molar-refractivity contribution is 6.43. The number of benzene rings is 1. The van der Waals surface area contributed by atoms with Crippen LogP contribution in [0.5, 0.6) is 0 Å². The third-order valence-corrected chi connectivity index (χ3v) is 5.17. The molecule has 0 saturated carbocycles. The van der Waals surface area contributed by atoms with E-state index in [1.165, 1.54) is 0 Å². The van der Waals surface area contributed by atoms with Gasteiger partial charge in [-0.3, -0.25) is 0 Å². The molecule has 2 N–H and O–H groups in total. The van der Waals surface area contributed by atoms with E-state index in [-0.39, 0.29) is 16.2 Å². The summed E-state index contributed by atoms with van der Waals surface area (Å²) in [6.45, 7) is 5.21. The molecule has 0 fully saturated rings. The highest BCUT2D eigenvalue weighted by atomic mass is 35.5. The van der Waals surface area contributed by atoms with E-state index in [1.807, 2.05) is 6.92 Å². The lowest BCUT2D eigenvalue weighted by Gasteiger charge is -2.37. The van der Waals surface area contributed by atoms with Gasteiger partial charge in [-0.2, -0.15) is 0 Å². The van der Waals surface area contributed by atoms with Gasteiger partial charge in [0.15, 0.2) is 0 Å². The first-order valence-electron chi connectivity index (χ1n) is 7.84. The predicted molar refractivity (Wildman–Crippen MR) is 98.0 cm³/mol. The monoisotopic (exact) mass is 383 g/mol. The molecule has 0 amide bonds. The van der Waals surface area contributed by atoms with Crippen molar-refractivity contribution in [2.75, 3.05) is 4.90 Å². The Labute approximate surface area is 156 Å². The van der Waals surface area contributed by atoms with Crippen LogP contribution in [0.4, 0.5) is 5.69 Å². The topological polar surface area (TPSA) is 77.8 Å². The second kappa shape index (κ2) is 7.50. The first kappa shape index (κ1) is 19.3. The molecule has 1 aliphatic heterocycles. The van der Waals surface area contributed by atoms with Crippen LogP contribution >= 0.6 is 23.2 Å². The number of allylic oxidation sites excluding steroid dienone is 2. The molecule has 0 aromatic heterocycles. The standard InChI is InChI=1S/C18H19Cl2NO4/c1-4-6-11-14(17(22)23)9(2)21(10(3)15(11)18(24)25)13-8-5-7-12(19)16(13)20/h5,7-8,11H,4,6H2,1-3H3,(H,22,23)(H,24,25). The van der Waals surface area contributed by atoms with Gasteiger partial charge in [-0.15, -0.1) is 0 Å². The molecule has 25 heavy (non-hydrogen) atoms. The maximum absolute atomic E-state index is 11.9. The zero-order valence-electron chi connectivity index (χ0n) is 14.1. The number of carboxylic acid groups (broad SMARTS) is 2. The van der Waals surface area contributed by atoms with Crippen molar-refractivity contribution in [2.24, 2.45) is 5.92 Å². The zero-order chi connectivity index (χ0) is 18.9. The normalized spacial score (nSPS) is 15.8. The summed E-state index contributed by atoms with van der Waals surface area (Å²) in [5.41, 5.74) is 1.48. The van der Waals surface area contributed by atoms with Gasteiger partial charge >= 0.3 is 11.9 Å². The Morgan fingerprint density at radius 3 is 2.04 bits per heavy atom. The van der Waals surface area contributed by atoms with Crippen LogP contribution in [0.2, 0.25) is 10.0 Å². The van der Waals surface area contributed by atoms with E-state index < -0.39 is 17.9 Å². The number of carboxylic acids is 2. The van der Waals surface area contributed by atoms with E-state index >= 15 is 0 Å². The average Bonchev–Trinajstić information content (AvgIpc) is 2.50. The van der Waals surface area contributed by atoms with Crippen LogP contribution in [0.1, 0.15) is 33.6 Å². The van der Waals surface area contributed by atoms with Gasteiger partial charge in [-0.05, 0) is 32.4 Å². The highest BCUT2D eigenvalue weighted by Gasteiger charge is 2.38. The van der Waals surface area contributed by atoms with Crippen molar-refractivity contribution in [3.63, 3.8) is 0 Å². The van der Waals surface area contributed by atoms with E-state index in [0.29, 0.717) is 34.9 Å². The summed E-state index contributed by atoms with van der Waals surface area (Å²) in [6.07, 6.45) is 1.10. The number of aliphatic carboxylic acids is 2. The first-order chi connectivity index (χ1) is 11.7. The lowest BCUT2D eigenvalue weighted by Crippen LogP contribution is -2.35. The zero-order valence-corrected chi connectivity index (χ0v) is 15.6. The van der Waals surface area contributed by atoms with Gasteiger partial charge in [0, 0.05) is 17.3 Å². The Morgan fingerprint density at radius 2 is 1.60 bits per heavy atom. The quantitative estimate of drug-likeness (QED) is 0.751. The molecule has 5 nitrogen and oxygen atoms in total. The molecule has 7 heteroatoms. The summed E-state index contributed by atoms with van der Waals surface area (Å²) in [7, 11) is 0. The van der Waals surface area contributed by atoms with Gasteiger partial charge in [-0.25, -0.2) is 9.59 Å². The van der Waals surface area contributed by atoms with Crippen LogP contribution < -0.4 is 4.90 Å². The molecule has 1 aromatic rings. The predicted octanol–water partition coefficient (Wildman–Crippen LogP) is 4.95. The van der Waals surface area contributed by atoms with Crippen LogP contribution in [0.3, 0.4) is 0 Å². The van der Waals surface area contributed by atoms with Crippen LogP contribution in [0, 0.1) is 5.92 Å². The molecule has 0 spiro atoms. The molecule has 0 radical (unpaired) electrons. The van der Waals surface area contributed by atoms with E-state index in [9.17, 15) is 19.8 Å². The molecule has 0 aliphatic carbocycles. The fourth-order valence-electron chi connectivity index (χ4n) is 3.35. The van der Waals surface area contributed by atoms with Gasteiger partial charge in [0.1, 0.15) is 0 Å². The summed E-state index contributed by atoms with van der Waals surface area (Å²) < 4.78 is 0. The minimum Gasteiger partial charge on any atom is -0.478 e. The summed E-state index contributed by atoms with van der Waals surface area (Å²) in [6, 6.07) is 4.98. The molecule has 0 bridgehead atoms. The molecule has 1 aliphatic rings. The largest absolute Gasteiger partial charge is 0.478 e. The number of hydrogen-bond donors (Lipinski definition) is 2. The smallest absolute Gasteiger partial charge is 0.333 e. The Morgan fingerprint density at radius 1 is 1.08 bits per heavy atom. The van der Waals surface area contributed by atoms with Crippen molar-refractivity contribution in [2.45, 2.75) is 33.6 Å². The Hall–Kier alpha value is -1.98. The lowest BCUT2D eigenvalue weighted by atomic mass is 9.81. The molecule has 134 valence electrons. The van der Waals surface area contributed by atoms with Gasteiger partial charge in [0.25, 0.3) is 0 Å². The number of rotatable bonds is 5. The number of nitrogens with zero attached hydrogens (tertiary/aromatic N) is 1. The maximum Gasteiger partial charge on any atom is 0.333 e. The summed E-state index contributed by atoms with van der Waals surface area (Å²) in [5, 5.41) is 20.0. The number of hydrogen-bond acceptors (Lipinski definition) is 3. The third kappa shape index (κ3) is 3.39. The minimum absolute atomic E-state index is 0.0703. The van der Waals surface area contributed by atoms with Crippen molar-refractivity contribution >= 4 is 40.8 Å². The van der Waals surface area contributed by atoms with Gasteiger partial charge < -0.3 is 15.1 Å². The maximum atomic E-state index is 11.9. The fourth-order valence-corrected chi connectivity index (χ4v) is 3.73. The molecule has 2 rings (SSSR count). The van der Waals surface area contributed by atoms with E-state index in [4.69, 9.17) is 23.2 Å². The molecular formula is C18H19Cl2NO4. The number of halogens is 2. The van der Waals surface area contributed by atoms with Crippen molar-refractivity contribution in [1.29, 1.82) is 0 Å². The third-order valence-electron chi connectivity index (χ3n) is 4.36. The van der Waals surface area contributed by atoms with Crippen LogP contribution in [0.25, 0.3) is 0 Å². The number of anilines is 1. The SMILES string of the molecule is CCCC1C(C(=O)O)=C(C)N(c2cccc(Cl)c2Cl)C(C)=C1C(=O)O. The van der Waals surface area contributed by atoms with Crippen molar-refractivity contribution in [1.82, 2.24) is 0 Å².